The molecule has 2 aromatic heterocycles. The second-order valence-corrected chi connectivity index (χ2v) is 8.32. The average Bonchev–Trinajstić information content (AvgIpc) is 3.07. The molecule has 1 aromatic carbocycles. The molecule has 1 saturated heterocycles. The maximum absolute atomic E-state index is 13.3. The molecule has 0 amide bonds. The summed E-state index contributed by atoms with van der Waals surface area (Å²) < 4.78 is 13.3. The standard InChI is InChI=1S/C22H24FN3S/c1-15-9-11-27-21(15)14-26-10-3-4-18(13-26)22-20(12-24-16(2)25-22)17-5-7-19(23)8-6-17/h5-9,11-12,18H,3-4,10,13-14H2,1-2H3/t18-/m0/s1. The van der Waals surface area contributed by atoms with Crippen LogP contribution in [-0.4, -0.2) is 28.0 Å². The van der Waals surface area contributed by atoms with Gasteiger partial charge in [0.25, 0.3) is 0 Å². The first-order valence-electron chi connectivity index (χ1n) is 9.45. The lowest BCUT2D eigenvalue weighted by Crippen LogP contribution is -2.34. The quantitative estimate of drug-likeness (QED) is 0.611. The van der Waals surface area contributed by atoms with E-state index in [1.54, 1.807) is 0 Å². The Bertz CT molecular complexity index is 920. The van der Waals surface area contributed by atoms with Crippen molar-refractivity contribution in [2.75, 3.05) is 13.1 Å². The maximum atomic E-state index is 13.3. The molecule has 5 heteroatoms. The number of nitrogens with zero attached hydrogens (tertiary/aromatic N) is 3. The predicted octanol–water partition coefficient (Wildman–Crippen LogP) is 5.34. The van der Waals surface area contributed by atoms with E-state index in [0.29, 0.717) is 5.92 Å². The number of halogens is 1. The van der Waals surface area contributed by atoms with E-state index >= 15 is 0 Å². The minimum atomic E-state index is -0.219. The Morgan fingerprint density at radius 3 is 2.74 bits per heavy atom. The molecule has 3 nitrogen and oxygen atoms in total. The predicted molar refractivity (Wildman–Crippen MR) is 108 cm³/mol. The van der Waals surface area contributed by atoms with Crippen LogP contribution in [0, 0.1) is 19.7 Å². The van der Waals surface area contributed by atoms with Crippen LogP contribution in [0.15, 0.2) is 41.9 Å². The van der Waals surface area contributed by atoms with Gasteiger partial charge in [-0.05, 0) is 67.9 Å². The van der Waals surface area contributed by atoms with E-state index in [1.807, 2.05) is 36.6 Å². The molecule has 1 aliphatic rings. The van der Waals surface area contributed by atoms with Crippen LogP contribution in [0.4, 0.5) is 4.39 Å². The first kappa shape index (κ1) is 18.3. The average molecular weight is 382 g/mol. The van der Waals surface area contributed by atoms with Crippen LogP contribution in [-0.2, 0) is 6.54 Å². The lowest BCUT2D eigenvalue weighted by atomic mass is 9.89. The van der Waals surface area contributed by atoms with Crippen LogP contribution in [0.25, 0.3) is 11.1 Å². The number of hydrogen-bond acceptors (Lipinski definition) is 4. The van der Waals surface area contributed by atoms with Crippen LogP contribution in [0.5, 0.6) is 0 Å². The molecule has 0 aliphatic carbocycles. The highest BCUT2D eigenvalue weighted by Crippen LogP contribution is 2.34. The Morgan fingerprint density at radius 1 is 1.19 bits per heavy atom. The van der Waals surface area contributed by atoms with Crippen molar-refractivity contribution in [1.82, 2.24) is 14.9 Å². The van der Waals surface area contributed by atoms with E-state index in [1.165, 1.54) is 29.0 Å². The van der Waals surface area contributed by atoms with Gasteiger partial charge in [-0.25, -0.2) is 14.4 Å². The highest BCUT2D eigenvalue weighted by molar-refractivity contribution is 7.10. The lowest BCUT2D eigenvalue weighted by Gasteiger charge is -2.33. The minimum absolute atomic E-state index is 0.219. The first-order valence-corrected chi connectivity index (χ1v) is 10.3. The molecule has 0 radical (unpaired) electrons. The number of likely N-dealkylation sites (tertiary alicyclic amines) is 1. The van der Waals surface area contributed by atoms with Crippen LogP contribution in [0.2, 0.25) is 0 Å². The van der Waals surface area contributed by atoms with Gasteiger partial charge >= 0.3 is 0 Å². The van der Waals surface area contributed by atoms with Crippen LogP contribution >= 0.6 is 11.3 Å². The number of aromatic nitrogens is 2. The highest BCUT2D eigenvalue weighted by atomic mass is 32.1. The summed E-state index contributed by atoms with van der Waals surface area (Å²) >= 11 is 1.84. The van der Waals surface area contributed by atoms with Crippen molar-refractivity contribution in [1.29, 1.82) is 0 Å². The fourth-order valence-electron chi connectivity index (χ4n) is 3.84. The van der Waals surface area contributed by atoms with Gasteiger partial charge in [0.2, 0.25) is 0 Å². The third-order valence-corrected chi connectivity index (χ3v) is 6.33. The molecule has 1 fully saturated rings. The Morgan fingerprint density at radius 2 is 2.00 bits per heavy atom. The first-order chi connectivity index (χ1) is 13.1. The summed E-state index contributed by atoms with van der Waals surface area (Å²) in [6.45, 7) is 7.27. The fourth-order valence-corrected chi connectivity index (χ4v) is 4.79. The Balaban J connectivity index is 1.61. The third kappa shape index (κ3) is 4.09. The summed E-state index contributed by atoms with van der Waals surface area (Å²) in [6.07, 6.45) is 4.19. The second-order valence-electron chi connectivity index (χ2n) is 7.32. The Kier molecular flexibility index (Phi) is 5.32. The van der Waals surface area contributed by atoms with Crippen LogP contribution in [0.1, 0.15) is 40.7 Å². The summed E-state index contributed by atoms with van der Waals surface area (Å²) in [5, 5.41) is 2.17. The summed E-state index contributed by atoms with van der Waals surface area (Å²) in [7, 11) is 0. The van der Waals surface area contributed by atoms with Gasteiger partial charge in [-0.15, -0.1) is 11.3 Å². The molecular formula is C22H24FN3S. The second kappa shape index (κ2) is 7.87. The van der Waals surface area contributed by atoms with Crippen molar-refractivity contribution >= 4 is 11.3 Å². The van der Waals surface area contributed by atoms with Gasteiger partial charge in [0.05, 0.1) is 5.69 Å². The summed E-state index contributed by atoms with van der Waals surface area (Å²) in [5.41, 5.74) is 4.49. The molecule has 0 spiro atoms. The van der Waals surface area contributed by atoms with Gasteiger partial charge < -0.3 is 0 Å². The summed E-state index contributed by atoms with van der Waals surface area (Å²) in [6, 6.07) is 8.85. The topological polar surface area (TPSA) is 29.0 Å². The van der Waals surface area contributed by atoms with E-state index in [4.69, 9.17) is 4.98 Å². The van der Waals surface area contributed by atoms with Gasteiger partial charge in [-0.3, -0.25) is 4.90 Å². The van der Waals surface area contributed by atoms with E-state index in [9.17, 15) is 4.39 Å². The largest absolute Gasteiger partial charge is 0.298 e. The lowest BCUT2D eigenvalue weighted by molar-refractivity contribution is 0.200. The zero-order valence-corrected chi connectivity index (χ0v) is 16.6. The van der Waals surface area contributed by atoms with Gasteiger partial charge in [-0.1, -0.05) is 12.1 Å². The summed E-state index contributed by atoms with van der Waals surface area (Å²) in [5.74, 6) is 0.950. The third-order valence-electron chi connectivity index (χ3n) is 5.32. The molecule has 0 unspecified atom stereocenters. The molecular weight excluding hydrogens is 357 g/mol. The van der Waals surface area contributed by atoms with E-state index in [0.717, 1.165) is 48.7 Å². The fraction of sp³-hybridized carbons (Fsp3) is 0.364. The van der Waals surface area contributed by atoms with Gasteiger partial charge in [0.15, 0.2) is 0 Å². The Hall–Kier alpha value is -2.11. The smallest absolute Gasteiger partial charge is 0.125 e. The molecule has 4 rings (SSSR count). The van der Waals surface area contributed by atoms with Gasteiger partial charge in [0.1, 0.15) is 11.6 Å². The SMILES string of the molecule is Cc1ncc(-c2ccc(F)cc2)c([C@H]2CCCN(Cc3sccc3C)C2)n1. The molecule has 1 aliphatic heterocycles. The Labute approximate surface area is 163 Å². The zero-order valence-electron chi connectivity index (χ0n) is 15.8. The number of hydrogen-bond donors (Lipinski definition) is 0. The number of piperidine rings is 1. The highest BCUT2D eigenvalue weighted by Gasteiger charge is 2.26. The number of rotatable bonds is 4. The van der Waals surface area contributed by atoms with Gasteiger partial charge in [0, 0.05) is 35.6 Å². The van der Waals surface area contributed by atoms with Crippen LogP contribution < -0.4 is 0 Å². The van der Waals surface area contributed by atoms with E-state index in [-0.39, 0.29) is 5.82 Å². The van der Waals surface area contributed by atoms with Crippen LogP contribution in [0.3, 0.4) is 0 Å². The number of aryl methyl sites for hydroxylation is 2. The molecule has 0 N–H and O–H groups in total. The van der Waals surface area contributed by atoms with Crippen molar-refractivity contribution in [3.63, 3.8) is 0 Å². The van der Waals surface area contributed by atoms with Crippen molar-refractivity contribution < 1.29 is 4.39 Å². The van der Waals surface area contributed by atoms with E-state index in [2.05, 4.69) is 28.3 Å². The molecule has 0 saturated carbocycles. The van der Waals surface area contributed by atoms with Crippen molar-refractivity contribution in [3.8, 4) is 11.1 Å². The minimum Gasteiger partial charge on any atom is -0.298 e. The summed E-state index contributed by atoms with van der Waals surface area (Å²) in [4.78, 5) is 13.2. The maximum Gasteiger partial charge on any atom is 0.125 e. The van der Waals surface area contributed by atoms with Crippen molar-refractivity contribution in [3.05, 3.63) is 69.7 Å². The monoisotopic (exact) mass is 381 g/mol. The molecule has 3 heterocycles. The molecule has 3 aromatic rings. The number of thiophene rings is 1. The molecule has 0 bridgehead atoms. The normalized spacial score (nSPS) is 18.0. The van der Waals surface area contributed by atoms with Crippen molar-refractivity contribution in [2.45, 2.75) is 39.2 Å². The molecule has 1 atom stereocenters. The zero-order chi connectivity index (χ0) is 18.8. The van der Waals surface area contributed by atoms with Gasteiger partial charge in [-0.2, -0.15) is 0 Å². The molecule has 140 valence electrons. The van der Waals surface area contributed by atoms with E-state index < -0.39 is 0 Å². The number of benzene rings is 1. The van der Waals surface area contributed by atoms with Crippen molar-refractivity contribution in [2.24, 2.45) is 0 Å². The molecule has 27 heavy (non-hydrogen) atoms.